The first kappa shape index (κ1) is 19.9. The van der Waals surface area contributed by atoms with Crippen LogP contribution < -0.4 is 10.3 Å². The number of benzene rings is 2. The van der Waals surface area contributed by atoms with Gasteiger partial charge in [-0.15, -0.1) is 0 Å². The molecular formula is C21H13ClF3N3O2. The third-order valence-corrected chi connectivity index (χ3v) is 4.63. The normalized spacial score (nSPS) is 11.6. The van der Waals surface area contributed by atoms with Crippen LogP contribution in [0.25, 0.3) is 10.9 Å². The molecule has 0 aliphatic carbocycles. The van der Waals surface area contributed by atoms with Crippen LogP contribution in [0.1, 0.15) is 11.1 Å². The molecule has 30 heavy (non-hydrogen) atoms. The Balaban J connectivity index is 1.71. The van der Waals surface area contributed by atoms with Gasteiger partial charge in [0, 0.05) is 17.8 Å². The number of pyridine rings is 1. The van der Waals surface area contributed by atoms with E-state index in [2.05, 4.69) is 9.97 Å². The van der Waals surface area contributed by atoms with Crippen LogP contribution in [0.3, 0.4) is 0 Å². The fraction of sp³-hybridized carbons (Fsp3) is 0.0952. The monoisotopic (exact) mass is 431 g/mol. The molecule has 0 aliphatic rings. The van der Waals surface area contributed by atoms with Crippen molar-refractivity contribution in [3.63, 3.8) is 0 Å². The van der Waals surface area contributed by atoms with E-state index >= 15 is 0 Å². The first-order valence-corrected chi connectivity index (χ1v) is 9.13. The summed E-state index contributed by atoms with van der Waals surface area (Å²) in [5.74, 6) is -0.537. The number of rotatable bonds is 4. The SMILES string of the molecule is O=c1ncn(Cc2ccc(Cl)cc2)c2ccc(Oc3ncccc3C(F)(F)F)cc12. The van der Waals surface area contributed by atoms with Crippen LogP contribution in [-0.4, -0.2) is 14.5 Å². The number of hydrogen-bond acceptors (Lipinski definition) is 4. The van der Waals surface area contributed by atoms with Gasteiger partial charge in [-0.05, 0) is 48.0 Å². The van der Waals surface area contributed by atoms with Crippen molar-refractivity contribution >= 4 is 22.5 Å². The lowest BCUT2D eigenvalue weighted by Crippen LogP contribution is -2.13. The molecule has 0 saturated carbocycles. The lowest BCUT2D eigenvalue weighted by Gasteiger charge is -2.14. The minimum absolute atomic E-state index is 0.0508. The van der Waals surface area contributed by atoms with Gasteiger partial charge in [-0.25, -0.2) is 4.98 Å². The number of halogens is 4. The topological polar surface area (TPSA) is 57.0 Å². The van der Waals surface area contributed by atoms with Crippen LogP contribution in [0.4, 0.5) is 13.2 Å². The van der Waals surface area contributed by atoms with Crippen molar-refractivity contribution in [2.75, 3.05) is 0 Å². The van der Waals surface area contributed by atoms with Gasteiger partial charge in [-0.2, -0.15) is 18.2 Å². The van der Waals surface area contributed by atoms with Gasteiger partial charge in [0.2, 0.25) is 5.88 Å². The van der Waals surface area contributed by atoms with Gasteiger partial charge in [-0.1, -0.05) is 23.7 Å². The van der Waals surface area contributed by atoms with Crippen LogP contribution in [0.2, 0.25) is 5.02 Å². The van der Waals surface area contributed by atoms with E-state index in [4.69, 9.17) is 16.3 Å². The minimum atomic E-state index is -4.62. The first-order valence-electron chi connectivity index (χ1n) is 8.75. The third-order valence-electron chi connectivity index (χ3n) is 4.38. The highest BCUT2D eigenvalue weighted by Crippen LogP contribution is 2.36. The minimum Gasteiger partial charge on any atom is -0.438 e. The summed E-state index contributed by atoms with van der Waals surface area (Å²) in [6.45, 7) is 0.430. The number of nitrogens with zero attached hydrogens (tertiary/aromatic N) is 3. The summed E-state index contributed by atoms with van der Waals surface area (Å²) in [5.41, 5.74) is -0.0135. The summed E-state index contributed by atoms with van der Waals surface area (Å²) in [7, 11) is 0. The molecule has 0 bridgehead atoms. The zero-order valence-electron chi connectivity index (χ0n) is 15.2. The second-order valence-corrected chi connectivity index (χ2v) is 6.88. The smallest absolute Gasteiger partial charge is 0.421 e. The van der Waals surface area contributed by atoms with Crippen molar-refractivity contribution in [1.29, 1.82) is 0 Å². The summed E-state index contributed by atoms with van der Waals surface area (Å²) < 4.78 is 46.6. The van der Waals surface area contributed by atoms with Gasteiger partial charge in [0.05, 0.1) is 17.2 Å². The first-order chi connectivity index (χ1) is 14.3. The average molecular weight is 432 g/mol. The van der Waals surface area contributed by atoms with Crippen LogP contribution in [0, 0.1) is 0 Å². The predicted octanol–water partition coefficient (Wildman–Crippen LogP) is 5.30. The molecule has 0 atom stereocenters. The zero-order valence-corrected chi connectivity index (χ0v) is 16.0. The number of fused-ring (bicyclic) bond motifs is 1. The maximum atomic E-state index is 13.2. The molecule has 0 radical (unpaired) electrons. The zero-order chi connectivity index (χ0) is 21.3. The van der Waals surface area contributed by atoms with Crippen molar-refractivity contribution in [2.24, 2.45) is 0 Å². The number of hydrogen-bond donors (Lipinski definition) is 0. The maximum Gasteiger partial charge on any atom is 0.421 e. The van der Waals surface area contributed by atoms with E-state index in [-0.39, 0.29) is 11.1 Å². The second kappa shape index (κ2) is 7.79. The fourth-order valence-electron chi connectivity index (χ4n) is 2.97. The van der Waals surface area contributed by atoms with Gasteiger partial charge >= 0.3 is 6.18 Å². The Morgan fingerprint density at radius 2 is 1.80 bits per heavy atom. The van der Waals surface area contributed by atoms with Crippen LogP contribution in [-0.2, 0) is 12.7 Å². The molecule has 0 spiro atoms. The van der Waals surface area contributed by atoms with E-state index < -0.39 is 23.2 Å². The quantitative estimate of drug-likeness (QED) is 0.439. The maximum absolute atomic E-state index is 13.2. The summed E-state index contributed by atoms with van der Waals surface area (Å²) in [4.78, 5) is 19.8. The molecule has 2 heterocycles. The lowest BCUT2D eigenvalue weighted by molar-refractivity contribution is -0.138. The Bertz CT molecular complexity index is 1270. The molecule has 2 aromatic heterocycles. The predicted molar refractivity (Wildman–Crippen MR) is 106 cm³/mol. The average Bonchev–Trinajstić information content (AvgIpc) is 2.71. The van der Waals surface area contributed by atoms with E-state index in [0.29, 0.717) is 17.1 Å². The molecule has 2 aromatic carbocycles. The molecule has 0 fully saturated rings. The highest BCUT2D eigenvalue weighted by molar-refractivity contribution is 6.30. The molecule has 0 saturated heterocycles. The van der Waals surface area contributed by atoms with Gasteiger partial charge in [0.1, 0.15) is 11.3 Å². The van der Waals surface area contributed by atoms with Crippen molar-refractivity contribution in [3.05, 3.63) is 93.6 Å². The number of aromatic nitrogens is 3. The number of ether oxygens (including phenoxy) is 1. The summed E-state index contributed by atoms with van der Waals surface area (Å²) in [5, 5.41) is 0.824. The van der Waals surface area contributed by atoms with E-state index in [0.717, 1.165) is 11.6 Å². The molecule has 0 aliphatic heterocycles. The number of alkyl halides is 3. The Labute approximate surface area is 173 Å². The molecule has 4 aromatic rings. The van der Waals surface area contributed by atoms with Crippen molar-refractivity contribution in [3.8, 4) is 11.6 Å². The molecule has 4 rings (SSSR count). The molecule has 5 nitrogen and oxygen atoms in total. The Kier molecular flexibility index (Phi) is 5.17. The van der Waals surface area contributed by atoms with E-state index in [9.17, 15) is 18.0 Å². The van der Waals surface area contributed by atoms with Crippen molar-refractivity contribution < 1.29 is 17.9 Å². The summed E-state index contributed by atoms with van der Waals surface area (Å²) >= 11 is 5.90. The largest absolute Gasteiger partial charge is 0.438 e. The van der Waals surface area contributed by atoms with Crippen LogP contribution >= 0.6 is 11.6 Å². The Hall–Kier alpha value is -3.39. The third kappa shape index (κ3) is 4.13. The molecule has 0 amide bonds. The fourth-order valence-corrected chi connectivity index (χ4v) is 3.09. The van der Waals surface area contributed by atoms with Crippen molar-refractivity contribution in [2.45, 2.75) is 12.7 Å². The van der Waals surface area contributed by atoms with Crippen molar-refractivity contribution in [1.82, 2.24) is 14.5 Å². The van der Waals surface area contributed by atoms with E-state index in [1.54, 1.807) is 22.8 Å². The molecule has 0 N–H and O–H groups in total. The molecule has 152 valence electrons. The van der Waals surface area contributed by atoms with E-state index in [1.165, 1.54) is 30.7 Å². The van der Waals surface area contributed by atoms with Gasteiger partial charge in [0.15, 0.2) is 0 Å². The highest BCUT2D eigenvalue weighted by Gasteiger charge is 2.35. The summed E-state index contributed by atoms with van der Waals surface area (Å²) in [6, 6.07) is 13.7. The molecular weight excluding hydrogens is 419 g/mol. The standard InChI is InChI=1S/C21H13ClF3N3O2/c22-14-5-3-13(4-6-14)11-28-12-27-19(29)16-10-15(7-8-18(16)28)30-20-17(21(23,24)25)2-1-9-26-20/h1-10,12H,11H2. The van der Waals surface area contributed by atoms with Gasteiger partial charge in [-0.3, -0.25) is 4.79 Å². The van der Waals surface area contributed by atoms with Gasteiger partial charge < -0.3 is 9.30 Å². The Morgan fingerprint density at radius 3 is 2.53 bits per heavy atom. The lowest BCUT2D eigenvalue weighted by atomic mass is 10.2. The molecule has 0 unspecified atom stereocenters. The summed E-state index contributed by atoms with van der Waals surface area (Å²) in [6.07, 6.45) is -2.00. The van der Waals surface area contributed by atoms with Crippen LogP contribution in [0.5, 0.6) is 11.6 Å². The van der Waals surface area contributed by atoms with E-state index in [1.807, 2.05) is 12.1 Å². The van der Waals surface area contributed by atoms with Gasteiger partial charge in [0.25, 0.3) is 5.56 Å². The highest BCUT2D eigenvalue weighted by atomic mass is 35.5. The molecule has 9 heteroatoms. The second-order valence-electron chi connectivity index (χ2n) is 6.44. The Morgan fingerprint density at radius 1 is 1.03 bits per heavy atom. The van der Waals surface area contributed by atoms with Crippen LogP contribution in [0.15, 0.2) is 71.9 Å².